The van der Waals surface area contributed by atoms with Crippen molar-refractivity contribution in [3.05, 3.63) is 0 Å². The maximum Gasteiger partial charge on any atom is 0.318 e. The number of carboxylic acids is 1. The third-order valence-electron chi connectivity index (χ3n) is 2.63. The van der Waals surface area contributed by atoms with Crippen LogP contribution in [0.4, 0.5) is 4.79 Å². The van der Waals surface area contributed by atoms with Crippen LogP contribution in [0.3, 0.4) is 0 Å². The van der Waals surface area contributed by atoms with Crippen LogP contribution in [0, 0.1) is 0 Å². The highest BCUT2D eigenvalue weighted by Gasteiger charge is 2.25. The van der Waals surface area contributed by atoms with Crippen molar-refractivity contribution in [1.82, 2.24) is 10.2 Å². The van der Waals surface area contributed by atoms with Gasteiger partial charge in [-0.15, -0.1) is 0 Å². The van der Waals surface area contributed by atoms with Crippen LogP contribution in [0.25, 0.3) is 0 Å². The van der Waals surface area contributed by atoms with Gasteiger partial charge in [-0.25, -0.2) is 4.79 Å². The zero-order valence-electron chi connectivity index (χ0n) is 11.6. The molecular formula is C12H24N2O4. The van der Waals surface area contributed by atoms with Crippen molar-refractivity contribution in [3.8, 4) is 0 Å². The van der Waals surface area contributed by atoms with Gasteiger partial charge < -0.3 is 20.4 Å². The first-order valence-corrected chi connectivity index (χ1v) is 6.11. The van der Waals surface area contributed by atoms with E-state index >= 15 is 0 Å². The lowest BCUT2D eigenvalue weighted by Gasteiger charge is -2.32. The summed E-state index contributed by atoms with van der Waals surface area (Å²) in [5.41, 5.74) is -0.585. The van der Waals surface area contributed by atoms with Crippen molar-refractivity contribution in [2.24, 2.45) is 0 Å². The lowest BCUT2D eigenvalue weighted by molar-refractivity contribution is -0.137. The minimum atomic E-state index is -0.881. The number of aliphatic hydroxyl groups excluding tert-OH is 1. The predicted molar refractivity (Wildman–Crippen MR) is 68.4 cm³/mol. The SMILES string of the molecule is CC(C)N(CCO)C(=O)NC(C)(C)CCC(=O)O. The minimum absolute atomic E-state index is 0.00889. The zero-order valence-corrected chi connectivity index (χ0v) is 11.6. The van der Waals surface area contributed by atoms with Crippen LogP contribution >= 0.6 is 0 Å². The largest absolute Gasteiger partial charge is 0.481 e. The number of amides is 2. The first kappa shape index (κ1) is 16.7. The van der Waals surface area contributed by atoms with Crippen LogP contribution in [0.1, 0.15) is 40.5 Å². The fourth-order valence-corrected chi connectivity index (χ4v) is 1.55. The van der Waals surface area contributed by atoms with Gasteiger partial charge in [0, 0.05) is 24.5 Å². The summed E-state index contributed by atoms with van der Waals surface area (Å²) in [6.07, 6.45) is 0.369. The van der Waals surface area contributed by atoms with Gasteiger partial charge in [-0.2, -0.15) is 0 Å². The van der Waals surface area contributed by atoms with Crippen LogP contribution in [-0.4, -0.2) is 51.8 Å². The average molecular weight is 260 g/mol. The van der Waals surface area contributed by atoms with Gasteiger partial charge in [0.2, 0.25) is 0 Å². The van der Waals surface area contributed by atoms with Crippen molar-refractivity contribution >= 4 is 12.0 Å². The highest BCUT2D eigenvalue weighted by Crippen LogP contribution is 2.12. The summed E-state index contributed by atoms with van der Waals surface area (Å²) in [7, 11) is 0. The van der Waals surface area contributed by atoms with E-state index in [1.807, 2.05) is 13.8 Å². The second kappa shape index (κ2) is 7.20. The van der Waals surface area contributed by atoms with E-state index in [9.17, 15) is 9.59 Å². The Morgan fingerprint density at radius 1 is 1.33 bits per heavy atom. The van der Waals surface area contributed by atoms with Crippen LogP contribution in [0.15, 0.2) is 0 Å². The van der Waals surface area contributed by atoms with E-state index < -0.39 is 11.5 Å². The number of carbonyl (C=O) groups is 2. The van der Waals surface area contributed by atoms with Crippen molar-refractivity contribution in [2.75, 3.05) is 13.2 Å². The molecule has 0 saturated carbocycles. The Hall–Kier alpha value is -1.30. The molecular weight excluding hydrogens is 236 g/mol. The molecule has 6 heteroatoms. The van der Waals surface area contributed by atoms with Gasteiger partial charge in [0.1, 0.15) is 0 Å². The second-order valence-electron chi connectivity index (χ2n) is 5.22. The van der Waals surface area contributed by atoms with Gasteiger partial charge in [0.15, 0.2) is 0 Å². The van der Waals surface area contributed by atoms with E-state index in [-0.39, 0.29) is 31.6 Å². The van der Waals surface area contributed by atoms with E-state index in [1.54, 1.807) is 13.8 Å². The molecule has 0 saturated heterocycles. The molecule has 0 aliphatic carbocycles. The molecule has 0 aliphatic heterocycles. The van der Waals surface area contributed by atoms with E-state index in [4.69, 9.17) is 10.2 Å². The zero-order chi connectivity index (χ0) is 14.3. The Labute approximate surface area is 108 Å². The third kappa shape index (κ3) is 6.44. The number of carbonyl (C=O) groups excluding carboxylic acids is 1. The van der Waals surface area contributed by atoms with Gasteiger partial charge in [0.05, 0.1) is 6.61 Å². The molecule has 106 valence electrons. The van der Waals surface area contributed by atoms with Gasteiger partial charge in [-0.1, -0.05) is 0 Å². The molecule has 0 unspecified atom stereocenters. The Bertz CT molecular complexity index is 290. The Morgan fingerprint density at radius 2 is 1.89 bits per heavy atom. The van der Waals surface area contributed by atoms with Crippen LogP contribution in [0.5, 0.6) is 0 Å². The number of rotatable bonds is 7. The first-order chi connectivity index (χ1) is 8.19. The average Bonchev–Trinajstić information content (AvgIpc) is 2.22. The van der Waals surface area contributed by atoms with Gasteiger partial charge >= 0.3 is 12.0 Å². The molecule has 0 aromatic heterocycles. The van der Waals surface area contributed by atoms with E-state index in [0.29, 0.717) is 6.42 Å². The molecule has 0 aliphatic rings. The molecule has 6 nitrogen and oxygen atoms in total. The van der Waals surface area contributed by atoms with Gasteiger partial charge in [0.25, 0.3) is 0 Å². The lowest BCUT2D eigenvalue weighted by Crippen LogP contribution is -2.52. The fourth-order valence-electron chi connectivity index (χ4n) is 1.55. The predicted octanol–water partition coefficient (Wildman–Crippen LogP) is 1.04. The molecule has 0 aromatic rings. The third-order valence-corrected chi connectivity index (χ3v) is 2.63. The summed E-state index contributed by atoms with van der Waals surface area (Å²) < 4.78 is 0. The van der Waals surface area contributed by atoms with Gasteiger partial charge in [-0.05, 0) is 34.1 Å². The number of aliphatic hydroxyl groups is 1. The summed E-state index contributed by atoms with van der Waals surface area (Å²) in [5, 5.41) is 20.3. The first-order valence-electron chi connectivity index (χ1n) is 6.11. The van der Waals surface area contributed by atoms with Crippen molar-refractivity contribution in [2.45, 2.75) is 52.1 Å². The highest BCUT2D eigenvalue weighted by molar-refractivity contribution is 5.75. The normalized spacial score (nSPS) is 11.4. The van der Waals surface area contributed by atoms with Crippen LogP contribution in [0.2, 0.25) is 0 Å². The lowest BCUT2D eigenvalue weighted by atomic mass is 9.99. The topological polar surface area (TPSA) is 89.9 Å². The number of carboxylic acid groups (broad SMARTS) is 1. The molecule has 2 amide bonds. The molecule has 0 atom stereocenters. The number of aliphatic carboxylic acids is 1. The molecule has 3 N–H and O–H groups in total. The van der Waals surface area contributed by atoms with Gasteiger partial charge in [-0.3, -0.25) is 4.79 Å². The Kier molecular flexibility index (Phi) is 6.68. The Balaban J connectivity index is 4.45. The summed E-state index contributed by atoms with van der Waals surface area (Å²) >= 11 is 0. The molecule has 0 bridgehead atoms. The number of urea groups is 1. The van der Waals surface area contributed by atoms with E-state index in [2.05, 4.69) is 5.32 Å². The number of hydrogen-bond donors (Lipinski definition) is 3. The fraction of sp³-hybridized carbons (Fsp3) is 0.833. The summed E-state index contributed by atoms with van der Waals surface area (Å²) in [6.45, 7) is 7.45. The number of hydrogen-bond acceptors (Lipinski definition) is 3. The van der Waals surface area contributed by atoms with Crippen LogP contribution in [-0.2, 0) is 4.79 Å². The molecule has 0 spiro atoms. The smallest absolute Gasteiger partial charge is 0.318 e. The quantitative estimate of drug-likeness (QED) is 0.638. The summed E-state index contributed by atoms with van der Waals surface area (Å²) in [5.74, 6) is -0.881. The van der Waals surface area contributed by atoms with Crippen molar-refractivity contribution < 1.29 is 19.8 Å². The number of nitrogens with one attached hydrogen (secondary N) is 1. The molecule has 18 heavy (non-hydrogen) atoms. The highest BCUT2D eigenvalue weighted by atomic mass is 16.4. The Morgan fingerprint density at radius 3 is 2.28 bits per heavy atom. The van der Waals surface area contributed by atoms with E-state index in [0.717, 1.165) is 0 Å². The second-order valence-corrected chi connectivity index (χ2v) is 5.22. The molecule has 0 aromatic carbocycles. The maximum absolute atomic E-state index is 12.0. The van der Waals surface area contributed by atoms with Crippen LogP contribution < -0.4 is 5.32 Å². The standard InChI is InChI=1S/C12H24N2O4/c1-9(2)14(7-8-15)11(18)13-12(3,4)6-5-10(16)17/h9,15H,5-8H2,1-4H3,(H,13,18)(H,16,17). The molecule has 0 rings (SSSR count). The van der Waals surface area contributed by atoms with Crippen molar-refractivity contribution in [1.29, 1.82) is 0 Å². The maximum atomic E-state index is 12.0. The number of nitrogens with zero attached hydrogens (tertiary/aromatic N) is 1. The molecule has 0 radical (unpaired) electrons. The summed E-state index contributed by atoms with van der Waals surface area (Å²) in [4.78, 5) is 24.0. The molecule has 0 heterocycles. The molecule has 0 fully saturated rings. The van der Waals surface area contributed by atoms with E-state index in [1.165, 1.54) is 4.90 Å². The minimum Gasteiger partial charge on any atom is -0.481 e. The van der Waals surface area contributed by atoms with Crippen molar-refractivity contribution in [3.63, 3.8) is 0 Å². The summed E-state index contributed by atoms with van der Waals surface area (Å²) in [6, 6.07) is -0.304. The monoisotopic (exact) mass is 260 g/mol.